The van der Waals surface area contributed by atoms with Gasteiger partial charge in [-0.1, -0.05) is 60.0 Å². The van der Waals surface area contributed by atoms with Crippen LogP contribution in [0, 0.1) is 18.8 Å². The molecule has 0 saturated carbocycles. The van der Waals surface area contributed by atoms with Crippen molar-refractivity contribution in [2.45, 2.75) is 24.8 Å². The van der Waals surface area contributed by atoms with Crippen molar-refractivity contribution in [2.75, 3.05) is 4.90 Å². The van der Waals surface area contributed by atoms with Crippen LogP contribution in [0.15, 0.2) is 89.8 Å². The highest BCUT2D eigenvalue weighted by atomic mass is 32.2. The molecule has 0 aliphatic carbocycles. The minimum atomic E-state index is -3.98. The largest absolute Gasteiger partial charge is 0.307 e. The first-order valence-electron chi connectivity index (χ1n) is 9.32. The Balaban J connectivity index is 1.80. The van der Waals surface area contributed by atoms with Crippen molar-refractivity contribution in [3.05, 3.63) is 90.5 Å². The predicted molar refractivity (Wildman–Crippen MR) is 117 cm³/mol. The number of hydrogen-bond donors (Lipinski definition) is 0. The zero-order valence-corrected chi connectivity index (χ0v) is 17.5. The number of carbonyl (C=O) groups is 1. The first-order chi connectivity index (χ1) is 14.4. The molecule has 0 saturated heterocycles. The number of hydrogen-bond acceptors (Lipinski definition) is 4. The fourth-order valence-corrected chi connectivity index (χ4v) is 3.74. The van der Waals surface area contributed by atoms with Gasteiger partial charge in [-0.05, 0) is 56.2 Å². The second-order valence-corrected chi connectivity index (χ2v) is 8.16. The molecule has 0 spiro atoms. The molecule has 1 atom stereocenters. The lowest BCUT2D eigenvalue weighted by Crippen LogP contribution is -2.24. The summed E-state index contributed by atoms with van der Waals surface area (Å²) in [5.41, 5.74) is 2.25. The SMILES string of the molecule is Cc1ccc(S(=O)(=O)O[C@@H](C)C#CC(=O)N(c2ccccc2)c2ccccc2)cc1. The lowest BCUT2D eigenvalue weighted by Gasteiger charge is -2.20. The van der Waals surface area contributed by atoms with E-state index in [-0.39, 0.29) is 4.90 Å². The Morgan fingerprint density at radius 3 is 1.87 bits per heavy atom. The quantitative estimate of drug-likeness (QED) is 0.453. The Kier molecular flexibility index (Phi) is 6.68. The predicted octanol–water partition coefficient (Wildman–Crippen LogP) is 4.46. The second-order valence-electron chi connectivity index (χ2n) is 6.59. The number of benzene rings is 3. The van der Waals surface area contributed by atoms with Crippen molar-refractivity contribution in [3.63, 3.8) is 0 Å². The maximum atomic E-state index is 12.9. The highest BCUT2D eigenvalue weighted by Gasteiger charge is 2.19. The van der Waals surface area contributed by atoms with Gasteiger partial charge >= 0.3 is 5.91 Å². The van der Waals surface area contributed by atoms with Crippen LogP contribution >= 0.6 is 0 Å². The van der Waals surface area contributed by atoms with Gasteiger partial charge in [0, 0.05) is 11.4 Å². The first kappa shape index (κ1) is 21.3. The second kappa shape index (κ2) is 9.40. The zero-order chi connectivity index (χ0) is 21.6. The highest BCUT2D eigenvalue weighted by Crippen LogP contribution is 2.24. The summed E-state index contributed by atoms with van der Waals surface area (Å²) in [5.74, 6) is 4.62. The molecule has 0 unspecified atom stereocenters. The van der Waals surface area contributed by atoms with Crippen molar-refractivity contribution < 1.29 is 17.4 Å². The van der Waals surface area contributed by atoms with E-state index in [1.54, 1.807) is 36.4 Å². The maximum absolute atomic E-state index is 12.9. The molecule has 5 nitrogen and oxygen atoms in total. The Labute approximate surface area is 177 Å². The van der Waals surface area contributed by atoms with E-state index in [4.69, 9.17) is 4.18 Å². The van der Waals surface area contributed by atoms with E-state index < -0.39 is 22.1 Å². The number of amides is 1. The third-order valence-electron chi connectivity index (χ3n) is 4.19. The van der Waals surface area contributed by atoms with Crippen LogP contribution in [0.4, 0.5) is 11.4 Å². The zero-order valence-electron chi connectivity index (χ0n) is 16.6. The van der Waals surface area contributed by atoms with E-state index in [1.165, 1.54) is 24.0 Å². The monoisotopic (exact) mass is 419 g/mol. The van der Waals surface area contributed by atoms with Crippen LogP contribution in [0.2, 0.25) is 0 Å². The molecule has 0 aliphatic heterocycles. The molecule has 0 N–H and O–H groups in total. The number of rotatable bonds is 5. The van der Waals surface area contributed by atoms with Gasteiger partial charge in [0.1, 0.15) is 6.10 Å². The molecule has 3 aromatic rings. The number of nitrogens with zero attached hydrogens (tertiary/aromatic N) is 1. The highest BCUT2D eigenvalue weighted by molar-refractivity contribution is 7.86. The minimum absolute atomic E-state index is 0.0447. The Hall–Kier alpha value is -3.40. The topological polar surface area (TPSA) is 63.7 Å². The van der Waals surface area contributed by atoms with Crippen LogP contribution in [0.25, 0.3) is 0 Å². The van der Waals surface area contributed by atoms with Crippen LogP contribution in [-0.4, -0.2) is 20.4 Å². The summed E-state index contributed by atoms with van der Waals surface area (Å²) >= 11 is 0. The molecule has 3 rings (SSSR count). The Morgan fingerprint density at radius 1 is 0.867 bits per heavy atom. The molecule has 0 heterocycles. The lowest BCUT2D eigenvalue weighted by molar-refractivity contribution is -0.112. The molecule has 152 valence electrons. The van der Waals surface area contributed by atoms with Gasteiger partial charge in [-0.3, -0.25) is 13.9 Å². The molecule has 0 aliphatic rings. The van der Waals surface area contributed by atoms with Crippen LogP contribution in [0.3, 0.4) is 0 Å². The van der Waals surface area contributed by atoms with E-state index in [0.717, 1.165) is 5.56 Å². The van der Waals surface area contributed by atoms with E-state index in [0.29, 0.717) is 11.4 Å². The third-order valence-corrected chi connectivity index (χ3v) is 5.59. The van der Waals surface area contributed by atoms with Crippen molar-refractivity contribution >= 4 is 27.4 Å². The molecule has 0 radical (unpaired) electrons. The Bertz CT molecular complexity index is 1120. The molecule has 30 heavy (non-hydrogen) atoms. The fourth-order valence-electron chi connectivity index (χ4n) is 2.73. The van der Waals surface area contributed by atoms with Gasteiger partial charge in [-0.2, -0.15) is 8.42 Å². The summed E-state index contributed by atoms with van der Waals surface area (Å²) < 4.78 is 29.9. The number of carbonyl (C=O) groups excluding carboxylic acids is 1. The smallest absolute Gasteiger partial charge is 0.270 e. The van der Waals surface area contributed by atoms with Crippen LogP contribution in [0.1, 0.15) is 12.5 Å². The van der Waals surface area contributed by atoms with E-state index in [9.17, 15) is 13.2 Å². The van der Waals surface area contributed by atoms with E-state index in [2.05, 4.69) is 11.8 Å². The summed E-state index contributed by atoms with van der Waals surface area (Å²) in [7, 11) is -3.98. The Morgan fingerprint density at radius 2 is 1.37 bits per heavy atom. The van der Waals surface area contributed by atoms with Gasteiger partial charge in [0.05, 0.1) is 4.90 Å². The maximum Gasteiger partial charge on any atom is 0.307 e. The average Bonchev–Trinajstić information content (AvgIpc) is 2.74. The summed E-state index contributed by atoms with van der Waals surface area (Å²) in [6.07, 6.45) is -0.992. The summed E-state index contributed by atoms with van der Waals surface area (Å²) in [4.78, 5) is 14.4. The molecular weight excluding hydrogens is 398 g/mol. The van der Waals surface area contributed by atoms with Crippen molar-refractivity contribution in [3.8, 4) is 11.8 Å². The fraction of sp³-hybridized carbons (Fsp3) is 0.125. The average molecular weight is 420 g/mol. The number of para-hydroxylation sites is 2. The van der Waals surface area contributed by atoms with Gasteiger partial charge in [-0.25, -0.2) is 0 Å². The van der Waals surface area contributed by atoms with E-state index in [1.807, 2.05) is 43.3 Å². The summed E-state index contributed by atoms with van der Waals surface area (Å²) in [6, 6.07) is 24.5. The van der Waals surface area contributed by atoms with Crippen LogP contribution < -0.4 is 4.90 Å². The molecule has 6 heteroatoms. The molecule has 3 aromatic carbocycles. The van der Waals surface area contributed by atoms with Crippen molar-refractivity contribution in [1.82, 2.24) is 0 Å². The molecule has 0 aromatic heterocycles. The normalized spacial score (nSPS) is 11.8. The standard InChI is InChI=1S/C24H21NO4S/c1-19-13-16-23(17-14-19)30(27,28)29-20(2)15-18-24(26)25(21-9-5-3-6-10-21)22-11-7-4-8-12-22/h3-14,16-17,20H,1-2H3/t20-/m0/s1. The molecule has 0 bridgehead atoms. The van der Waals surface area contributed by atoms with Gasteiger partial charge in [0.25, 0.3) is 10.1 Å². The van der Waals surface area contributed by atoms with Crippen molar-refractivity contribution in [1.29, 1.82) is 0 Å². The first-order valence-corrected chi connectivity index (χ1v) is 10.7. The molecule has 0 fully saturated rings. The lowest BCUT2D eigenvalue weighted by atomic mass is 10.2. The molecular formula is C24H21NO4S. The van der Waals surface area contributed by atoms with E-state index >= 15 is 0 Å². The number of anilines is 2. The minimum Gasteiger partial charge on any atom is -0.270 e. The van der Waals surface area contributed by atoms with Gasteiger partial charge in [0.2, 0.25) is 0 Å². The number of aryl methyl sites for hydroxylation is 1. The van der Waals surface area contributed by atoms with Crippen molar-refractivity contribution in [2.24, 2.45) is 0 Å². The van der Waals surface area contributed by atoms with Gasteiger partial charge in [-0.15, -0.1) is 0 Å². The van der Waals surface area contributed by atoms with Gasteiger partial charge < -0.3 is 0 Å². The summed E-state index contributed by atoms with van der Waals surface area (Å²) in [5, 5.41) is 0. The molecule has 1 amide bonds. The van der Waals surface area contributed by atoms with Gasteiger partial charge in [0.15, 0.2) is 0 Å². The summed E-state index contributed by atoms with van der Waals surface area (Å²) in [6.45, 7) is 3.35. The van der Waals surface area contributed by atoms with Crippen LogP contribution in [0.5, 0.6) is 0 Å². The third kappa shape index (κ3) is 5.35. The van der Waals surface area contributed by atoms with Crippen LogP contribution in [-0.2, 0) is 19.1 Å².